The molecular formula is C17H13F2NO2. The van der Waals surface area contributed by atoms with Gasteiger partial charge in [-0.3, -0.25) is 4.79 Å². The SMILES string of the molecule is C[C@H](NC(=O)c1cc(F)cc(F)c1)c1cc2ccccc2o1. The first kappa shape index (κ1) is 14.3. The van der Waals surface area contributed by atoms with Gasteiger partial charge in [-0.1, -0.05) is 18.2 Å². The van der Waals surface area contributed by atoms with Crippen molar-refractivity contribution in [2.45, 2.75) is 13.0 Å². The molecule has 22 heavy (non-hydrogen) atoms. The highest BCUT2D eigenvalue weighted by Crippen LogP contribution is 2.23. The Kier molecular flexibility index (Phi) is 3.63. The summed E-state index contributed by atoms with van der Waals surface area (Å²) in [7, 11) is 0. The summed E-state index contributed by atoms with van der Waals surface area (Å²) in [6.07, 6.45) is 0. The molecule has 112 valence electrons. The number of para-hydroxylation sites is 1. The fourth-order valence-electron chi connectivity index (χ4n) is 2.25. The molecule has 1 aromatic heterocycles. The van der Waals surface area contributed by atoms with Crippen molar-refractivity contribution in [1.29, 1.82) is 0 Å². The van der Waals surface area contributed by atoms with Gasteiger partial charge in [0.15, 0.2) is 0 Å². The maximum atomic E-state index is 13.1. The van der Waals surface area contributed by atoms with Gasteiger partial charge < -0.3 is 9.73 Å². The normalized spacial score (nSPS) is 12.3. The van der Waals surface area contributed by atoms with Gasteiger partial charge in [0.1, 0.15) is 23.0 Å². The van der Waals surface area contributed by atoms with Crippen LogP contribution in [-0.4, -0.2) is 5.91 Å². The summed E-state index contributed by atoms with van der Waals surface area (Å²) in [5.41, 5.74) is 0.649. The third kappa shape index (κ3) is 2.83. The monoisotopic (exact) mass is 301 g/mol. The number of amides is 1. The van der Waals surface area contributed by atoms with Gasteiger partial charge in [0.05, 0.1) is 6.04 Å². The third-order valence-electron chi connectivity index (χ3n) is 3.34. The number of nitrogens with one attached hydrogen (secondary N) is 1. The minimum atomic E-state index is -0.790. The molecule has 1 N–H and O–H groups in total. The smallest absolute Gasteiger partial charge is 0.252 e. The molecule has 0 aliphatic rings. The second-order valence-electron chi connectivity index (χ2n) is 5.04. The largest absolute Gasteiger partial charge is 0.459 e. The van der Waals surface area contributed by atoms with Crippen LogP contribution in [-0.2, 0) is 0 Å². The number of fused-ring (bicyclic) bond motifs is 1. The van der Waals surface area contributed by atoms with Crippen molar-refractivity contribution in [3.8, 4) is 0 Å². The van der Waals surface area contributed by atoms with E-state index in [2.05, 4.69) is 5.32 Å². The standard InChI is InChI=1S/C17H13F2NO2/c1-10(16-8-11-4-2-3-5-15(11)22-16)20-17(21)12-6-13(18)9-14(19)7-12/h2-10H,1H3,(H,20,21)/t10-/m0/s1. The Balaban J connectivity index is 1.80. The maximum absolute atomic E-state index is 13.1. The average molecular weight is 301 g/mol. The fourth-order valence-corrected chi connectivity index (χ4v) is 2.25. The predicted molar refractivity (Wildman–Crippen MR) is 78.5 cm³/mol. The van der Waals surface area contributed by atoms with E-state index in [1.807, 2.05) is 30.3 Å². The summed E-state index contributed by atoms with van der Waals surface area (Å²) in [5.74, 6) is -1.57. The molecule has 0 saturated carbocycles. The molecule has 1 amide bonds. The zero-order valence-corrected chi connectivity index (χ0v) is 11.8. The molecular weight excluding hydrogens is 288 g/mol. The van der Waals surface area contributed by atoms with E-state index < -0.39 is 23.6 Å². The number of hydrogen-bond acceptors (Lipinski definition) is 2. The Labute approximate surface area is 125 Å². The highest BCUT2D eigenvalue weighted by atomic mass is 19.1. The zero-order chi connectivity index (χ0) is 15.7. The minimum Gasteiger partial charge on any atom is -0.459 e. The van der Waals surface area contributed by atoms with Crippen molar-refractivity contribution in [3.05, 3.63) is 71.5 Å². The van der Waals surface area contributed by atoms with Gasteiger partial charge in [0, 0.05) is 17.0 Å². The van der Waals surface area contributed by atoms with Crippen molar-refractivity contribution in [3.63, 3.8) is 0 Å². The molecule has 1 heterocycles. The second kappa shape index (κ2) is 5.60. The lowest BCUT2D eigenvalue weighted by molar-refractivity contribution is 0.0934. The lowest BCUT2D eigenvalue weighted by Crippen LogP contribution is -2.26. The van der Waals surface area contributed by atoms with Crippen LogP contribution >= 0.6 is 0 Å². The molecule has 3 nitrogen and oxygen atoms in total. The van der Waals surface area contributed by atoms with Crippen LogP contribution in [0.5, 0.6) is 0 Å². The first-order chi connectivity index (χ1) is 10.5. The molecule has 0 spiro atoms. The Hall–Kier alpha value is -2.69. The minimum absolute atomic E-state index is 0.0690. The Morgan fingerprint density at radius 3 is 2.45 bits per heavy atom. The van der Waals surface area contributed by atoms with Gasteiger partial charge in [-0.25, -0.2) is 8.78 Å². The van der Waals surface area contributed by atoms with Crippen molar-refractivity contribution < 1.29 is 18.0 Å². The highest BCUT2D eigenvalue weighted by molar-refractivity contribution is 5.94. The summed E-state index contributed by atoms with van der Waals surface area (Å²) < 4.78 is 32.0. The Morgan fingerprint density at radius 1 is 1.09 bits per heavy atom. The van der Waals surface area contributed by atoms with E-state index in [1.165, 1.54) is 0 Å². The zero-order valence-electron chi connectivity index (χ0n) is 11.8. The van der Waals surface area contributed by atoms with Crippen LogP contribution in [0.15, 0.2) is 52.9 Å². The van der Waals surface area contributed by atoms with Crippen LogP contribution in [0, 0.1) is 11.6 Å². The second-order valence-corrected chi connectivity index (χ2v) is 5.04. The van der Waals surface area contributed by atoms with E-state index in [-0.39, 0.29) is 5.56 Å². The summed E-state index contributed by atoms with van der Waals surface area (Å²) in [6.45, 7) is 1.74. The highest BCUT2D eigenvalue weighted by Gasteiger charge is 2.16. The van der Waals surface area contributed by atoms with E-state index >= 15 is 0 Å². The number of rotatable bonds is 3. The molecule has 0 bridgehead atoms. The average Bonchev–Trinajstić information content (AvgIpc) is 2.90. The van der Waals surface area contributed by atoms with Crippen LogP contribution in [0.3, 0.4) is 0 Å². The van der Waals surface area contributed by atoms with Gasteiger partial charge >= 0.3 is 0 Å². The lowest BCUT2D eigenvalue weighted by Gasteiger charge is -2.11. The summed E-state index contributed by atoms with van der Waals surface area (Å²) >= 11 is 0. The van der Waals surface area contributed by atoms with Gasteiger partial charge in [-0.05, 0) is 31.2 Å². The number of hydrogen-bond donors (Lipinski definition) is 1. The summed E-state index contributed by atoms with van der Waals surface area (Å²) in [4.78, 5) is 12.1. The van der Waals surface area contributed by atoms with Crippen LogP contribution in [0.1, 0.15) is 29.1 Å². The molecule has 1 atom stereocenters. The predicted octanol–water partition coefficient (Wildman–Crippen LogP) is 4.20. The number of halogens is 2. The first-order valence-corrected chi connectivity index (χ1v) is 6.78. The molecule has 2 aromatic carbocycles. The van der Waals surface area contributed by atoms with Gasteiger partial charge in [0.2, 0.25) is 0 Å². The van der Waals surface area contributed by atoms with Gasteiger partial charge in [-0.15, -0.1) is 0 Å². The first-order valence-electron chi connectivity index (χ1n) is 6.78. The molecule has 0 radical (unpaired) electrons. The topological polar surface area (TPSA) is 42.2 Å². The van der Waals surface area contributed by atoms with Gasteiger partial charge in [0.25, 0.3) is 5.91 Å². The van der Waals surface area contributed by atoms with Crippen molar-refractivity contribution in [1.82, 2.24) is 5.32 Å². The molecule has 0 fully saturated rings. The van der Waals surface area contributed by atoms with Crippen molar-refractivity contribution in [2.24, 2.45) is 0 Å². The number of benzene rings is 2. The van der Waals surface area contributed by atoms with Crippen LogP contribution in [0.4, 0.5) is 8.78 Å². The van der Waals surface area contributed by atoms with Gasteiger partial charge in [-0.2, -0.15) is 0 Å². The molecule has 0 unspecified atom stereocenters. The molecule has 0 aliphatic carbocycles. The quantitative estimate of drug-likeness (QED) is 0.787. The number of furan rings is 1. The van der Waals surface area contributed by atoms with E-state index in [4.69, 9.17) is 4.42 Å². The van der Waals surface area contributed by atoms with E-state index in [0.717, 1.165) is 29.2 Å². The lowest BCUT2D eigenvalue weighted by atomic mass is 10.1. The van der Waals surface area contributed by atoms with Crippen LogP contribution < -0.4 is 5.32 Å². The summed E-state index contributed by atoms with van der Waals surface area (Å²) in [6, 6.07) is 11.6. The molecule has 0 aliphatic heterocycles. The van der Waals surface area contributed by atoms with Crippen molar-refractivity contribution >= 4 is 16.9 Å². The molecule has 0 saturated heterocycles. The number of carbonyl (C=O) groups excluding carboxylic acids is 1. The van der Waals surface area contributed by atoms with Crippen molar-refractivity contribution in [2.75, 3.05) is 0 Å². The number of carbonyl (C=O) groups is 1. The summed E-state index contributed by atoms with van der Waals surface area (Å²) in [5, 5.41) is 3.59. The Bertz CT molecular complexity index is 788. The van der Waals surface area contributed by atoms with E-state index in [0.29, 0.717) is 5.76 Å². The maximum Gasteiger partial charge on any atom is 0.252 e. The van der Waals surface area contributed by atoms with E-state index in [9.17, 15) is 13.6 Å². The fraction of sp³-hybridized carbons (Fsp3) is 0.118. The molecule has 3 aromatic rings. The van der Waals surface area contributed by atoms with E-state index in [1.54, 1.807) is 6.92 Å². The van der Waals surface area contributed by atoms with Crippen LogP contribution in [0.2, 0.25) is 0 Å². The Morgan fingerprint density at radius 2 is 1.77 bits per heavy atom. The molecule has 5 heteroatoms. The van der Waals surface area contributed by atoms with Crippen LogP contribution in [0.25, 0.3) is 11.0 Å². The molecule has 3 rings (SSSR count). The third-order valence-corrected chi connectivity index (χ3v) is 3.34.